The molecule has 3 aliphatic rings. The Morgan fingerprint density at radius 2 is 2.06 bits per heavy atom. The monoisotopic (exact) mass is 255 g/mol. The summed E-state index contributed by atoms with van der Waals surface area (Å²) in [5.41, 5.74) is 5.85. The highest BCUT2D eigenvalue weighted by molar-refractivity contribution is 4.96. The second kappa shape index (κ2) is 5.08. The standard InChI is InChI=1S/C14H25NO3/c15-10-14(6-2-7-16-11-14)18-12-3-8-17-13(9-12)4-1-5-13/h12H,1-11,15H2. The molecule has 2 heterocycles. The number of ether oxygens (including phenoxy) is 3. The largest absolute Gasteiger partial charge is 0.378 e. The van der Waals surface area contributed by atoms with Gasteiger partial charge in [0.2, 0.25) is 0 Å². The van der Waals surface area contributed by atoms with Gasteiger partial charge in [0.1, 0.15) is 5.60 Å². The number of rotatable bonds is 3. The topological polar surface area (TPSA) is 53.7 Å². The van der Waals surface area contributed by atoms with Crippen LogP contribution in [0.2, 0.25) is 0 Å². The van der Waals surface area contributed by atoms with Gasteiger partial charge in [-0.25, -0.2) is 0 Å². The minimum absolute atomic E-state index is 0.147. The lowest BCUT2D eigenvalue weighted by Gasteiger charge is -2.49. The third kappa shape index (κ3) is 2.44. The summed E-state index contributed by atoms with van der Waals surface area (Å²) in [6, 6.07) is 0. The maximum atomic E-state index is 6.37. The fourth-order valence-electron chi connectivity index (χ4n) is 3.49. The van der Waals surface area contributed by atoms with Crippen LogP contribution < -0.4 is 5.73 Å². The van der Waals surface area contributed by atoms with Gasteiger partial charge in [0.15, 0.2) is 0 Å². The summed E-state index contributed by atoms with van der Waals surface area (Å²) < 4.78 is 17.9. The predicted molar refractivity (Wildman–Crippen MR) is 68.5 cm³/mol. The van der Waals surface area contributed by atoms with Crippen molar-refractivity contribution in [1.29, 1.82) is 0 Å². The van der Waals surface area contributed by atoms with E-state index in [9.17, 15) is 0 Å². The van der Waals surface area contributed by atoms with Crippen LogP contribution in [0.3, 0.4) is 0 Å². The number of hydrogen-bond acceptors (Lipinski definition) is 4. The molecule has 1 saturated carbocycles. The normalized spacial score (nSPS) is 39.5. The Morgan fingerprint density at radius 3 is 2.67 bits per heavy atom. The van der Waals surface area contributed by atoms with Crippen LogP contribution in [0.5, 0.6) is 0 Å². The van der Waals surface area contributed by atoms with Gasteiger partial charge in [0, 0.05) is 26.2 Å². The molecule has 18 heavy (non-hydrogen) atoms. The molecule has 3 fully saturated rings. The van der Waals surface area contributed by atoms with Crippen LogP contribution in [-0.2, 0) is 14.2 Å². The van der Waals surface area contributed by atoms with Gasteiger partial charge < -0.3 is 19.9 Å². The van der Waals surface area contributed by atoms with Gasteiger partial charge >= 0.3 is 0 Å². The van der Waals surface area contributed by atoms with Crippen molar-refractivity contribution in [1.82, 2.24) is 0 Å². The molecule has 1 spiro atoms. The molecular formula is C14H25NO3. The van der Waals surface area contributed by atoms with Crippen molar-refractivity contribution in [3.8, 4) is 0 Å². The van der Waals surface area contributed by atoms with Crippen LogP contribution in [0, 0.1) is 0 Å². The molecule has 0 radical (unpaired) electrons. The van der Waals surface area contributed by atoms with Crippen molar-refractivity contribution in [3.63, 3.8) is 0 Å². The maximum absolute atomic E-state index is 6.37. The number of hydrogen-bond donors (Lipinski definition) is 1. The SMILES string of the molecule is NCC1(OC2CCOC3(CCC3)C2)CCCOC1. The van der Waals surface area contributed by atoms with Crippen LogP contribution >= 0.6 is 0 Å². The van der Waals surface area contributed by atoms with Crippen LogP contribution in [0.15, 0.2) is 0 Å². The van der Waals surface area contributed by atoms with Crippen LogP contribution in [0.4, 0.5) is 0 Å². The zero-order chi connectivity index (χ0) is 12.5. The third-order valence-electron chi connectivity index (χ3n) is 4.79. The molecule has 3 rings (SSSR count). The van der Waals surface area contributed by atoms with Gasteiger partial charge in [-0.05, 0) is 38.5 Å². The minimum Gasteiger partial charge on any atom is -0.378 e. The summed E-state index contributed by atoms with van der Waals surface area (Å²) >= 11 is 0. The van der Waals surface area contributed by atoms with Gasteiger partial charge in [0.05, 0.1) is 18.3 Å². The van der Waals surface area contributed by atoms with Crippen molar-refractivity contribution < 1.29 is 14.2 Å². The first-order valence-corrected chi connectivity index (χ1v) is 7.36. The Labute approximate surface area is 109 Å². The average Bonchev–Trinajstić information content (AvgIpc) is 2.38. The first-order valence-electron chi connectivity index (χ1n) is 7.36. The van der Waals surface area contributed by atoms with Gasteiger partial charge in [-0.3, -0.25) is 0 Å². The summed E-state index contributed by atoms with van der Waals surface area (Å²) in [4.78, 5) is 0. The van der Waals surface area contributed by atoms with Crippen molar-refractivity contribution in [3.05, 3.63) is 0 Å². The Bertz CT molecular complexity index is 285. The molecule has 2 aliphatic heterocycles. The van der Waals surface area contributed by atoms with E-state index < -0.39 is 0 Å². The maximum Gasteiger partial charge on any atom is 0.104 e. The van der Waals surface area contributed by atoms with Crippen LogP contribution in [0.25, 0.3) is 0 Å². The molecule has 0 aromatic rings. The smallest absolute Gasteiger partial charge is 0.104 e. The van der Waals surface area contributed by atoms with Crippen LogP contribution in [0.1, 0.15) is 44.9 Å². The highest BCUT2D eigenvalue weighted by Crippen LogP contribution is 2.44. The van der Waals surface area contributed by atoms with Crippen molar-refractivity contribution in [2.75, 3.05) is 26.4 Å². The molecule has 4 heteroatoms. The first-order chi connectivity index (χ1) is 8.76. The molecule has 4 nitrogen and oxygen atoms in total. The van der Waals surface area contributed by atoms with Gasteiger partial charge in [-0.15, -0.1) is 0 Å². The second-order valence-electron chi connectivity index (χ2n) is 6.16. The van der Waals surface area contributed by atoms with E-state index >= 15 is 0 Å². The quantitative estimate of drug-likeness (QED) is 0.832. The van der Waals surface area contributed by atoms with E-state index in [1.165, 1.54) is 19.3 Å². The molecule has 0 aromatic heterocycles. The summed E-state index contributed by atoms with van der Waals surface area (Å²) in [6.07, 6.45) is 8.18. The van der Waals surface area contributed by atoms with E-state index in [4.69, 9.17) is 19.9 Å². The molecule has 1 aliphatic carbocycles. The predicted octanol–water partition coefficient (Wildman–Crippen LogP) is 1.61. The van der Waals surface area contributed by atoms with Gasteiger partial charge in [-0.1, -0.05) is 0 Å². The zero-order valence-corrected chi connectivity index (χ0v) is 11.2. The zero-order valence-electron chi connectivity index (χ0n) is 11.2. The molecule has 0 bridgehead atoms. The molecule has 2 saturated heterocycles. The lowest BCUT2D eigenvalue weighted by atomic mass is 9.74. The van der Waals surface area contributed by atoms with Gasteiger partial charge in [0.25, 0.3) is 0 Å². The van der Waals surface area contributed by atoms with Crippen LogP contribution in [-0.4, -0.2) is 43.7 Å². The van der Waals surface area contributed by atoms with Crippen molar-refractivity contribution >= 4 is 0 Å². The summed E-state index contributed by atoms with van der Waals surface area (Å²) in [5.74, 6) is 0. The molecule has 0 aromatic carbocycles. The summed E-state index contributed by atoms with van der Waals surface area (Å²) in [5, 5.41) is 0. The van der Waals surface area contributed by atoms with E-state index in [1.54, 1.807) is 0 Å². The molecule has 2 atom stereocenters. The molecule has 2 unspecified atom stereocenters. The summed E-state index contributed by atoms with van der Waals surface area (Å²) in [6.45, 7) is 2.92. The van der Waals surface area contributed by atoms with Crippen molar-refractivity contribution in [2.45, 2.75) is 62.3 Å². The first kappa shape index (κ1) is 12.9. The fourth-order valence-corrected chi connectivity index (χ4v) is 3.49. The van der Waals surface area contributed by atoms with E-state index in [0.717, 1.165) is 38.9 Å². The Balaban J connectivity index is 1.60. The highest BCUT2D eigenvalue weighted by Gasteiger charge is 2.45. The van der Waals surface area contributed by atoms with Gasteiger partial charge in [-0.2, -0.15) is 0 Å². The Kier molecular flexibility index (Phi) is 3.63. The minimum atomic E-state index is -0.231. The third-order valence-corrected chi connectivity index (χ3v) is 4.79. The molecule has 2 N–H and O–H groups in total. The lowest BCUT2D eigenvalue weighted by Crippen LogP contribution is -2.54. The van der Waals surface area contributed by atoms with Crippen molar-refractivity contribution in [2.24, 2.45) is 5.73 Å². The molecular weight excluding hydrogens is 230 g/mol. The van der Waals surface area contributed by atoms with E-state index in [0.29, 0.717) is 19.3 Å². The Hall–Kier alpha value is -0.160. The average molecular weight is 255 g/mol. The lowest BCUT2D eigenvalue weighted by molar-refractivity contribution is -0.214. The molecule has 104 valence electrons. The second-order valence-corrected chi connectivity index (χ2v) is 6.16. The molecule has 0 amide bonds. The van der Waals surface area contributed by atoms with E-state index in [2.05, 4.69) is 0 Å². The Morgan fingerprint density at radius 1 is 1.17 bits per heavy atom. The number of nitrogens with two attached hydrogens (primary N) is 1. The highest BCUT2D eigenvalue weighted by atomic mass is 16.6. The van der Waals surface area contributed by atoms with E-state index in [1.807, 2.05) is 0 Å². The fraction of sp³-hybridized carbons (Fsp3) is 1.00. The van der Waals surface area contributed by atoms with E-state index in [-0.39, 0.29) is 11.2 Å². The summed E-state index contributed by atoms with van der Waals surface area (Å²) in [7, 11) is 0.